The predicted octanol–water partition coefficient (Wildman–Crippen LogP) is 2.85. The van der Waals surface area contributed by atoms with E-state index in [0.29, 0.717) is 18.5 Å². The van der Waals surface area contributed by atoms with Crippen molar-refractivity contribution in [1.82, 2.24) is 14.9 Å². The number of hydrogen-bond donors (Lipinski definition) is 0. The van der Waals surface area contributed by atoms with E-state index >= 15 is 0 Å². The molecule has 2 aliphatic heterocycles. The number of nitrogens with zero attached hydrogens (tertiary/aromatic N) is 4. The number of carbonyl (C=O) groups is 1. The van der Waals surface area contributed by atoms with Gasteiger partial charge < -0.3 is 9.80 Å². The summed E-state index contributed by atoms with van der Waals surface area (Å²) in [6.45, 7) is 0.887. The lowest BCUT2D eigenvalue weighted by Crippen LogP contribution is -2.58. The fourth-order valence-electron chi connectivity index (χ4n) is 4.01. The van der Waals surface area contributed by atoms with Gasteiger partial charge in [-0.25, -0.2) is 8.78 Å². The standard InChI is InChI=1S/C19H20F2N4O/c20-19(21)6-10-25(17(26)15-3-1-7-22-11-15)14-18(19)5-9-24(13-18)16-4-2-8-23-12-16/h1-4,7-8,11-12H,5-6,9-10,13-14H2. The highest BCUT2D eigenvalue weighted by Crippen LogP contribution is 2.50. The first-order chi connectivity index (χ1) is 12.5. The van der Waals surface area contributed by atoms with E-state index in [-0.39, 0.29) is 32.0 Å². The molecule has 136 valence electrons. The first-order valence-electron chi connectivity index (χ1n) is 8.73. The largest absolute Gasteiger partial charge is 0.369 e. The summed E-state index contributed by atoms with van der Waals surface area (Å²) < 4.78 is 29.8. The molecule has 2 saturated heterocycles. The lowest BCUT2D eigenvalue weighted by atomic mass is 9.75. The van der Waals surface area contributed by atoms with Gasteiger partial charge >= 0.3 is 0 Å². The Kier molecular flexibility index (Phi) is 4.09. The number of anilines is 1. The molecule has 2 aliphatic rings. The highest BCUT2D eigenvalue weighted by Gasteiger charge is 2.60. The van der Waals surface area contributed by atoms with Gasteiger partial charge in [-0.05, 0) is 30.7 Å². The summed E-state index contributed by atoms with van der Waals surface area (Å²) >= 11 is 0. The molecule has 26 heavy (non-hydrogen) atoms. The topological polar surface area (TPSA) is 49.3 Å². The van der Waals surface area contributed by atoms with Crippen LogP contribution in [0.15, 0.2) is 49.1 Å². The number of carbonyl (C=O) groups excluding carboxylic acids is 1. The SMILES string of the molecule is O=C(c1cccnc1)N1CCC(F)(F)C2(CCN(c3cccnc3)C2)C1. The molecule has 4 rings (SSSR count). The lowest BCUT2D eigenvalue weighted by molar-refractivity contribution is -0.150. The first kappa shape index (κ1) is 16.9. The van der Waals surface area contributed by atoms with Crippen LogP contribution in [0.25, 0.3) is 0 Å². The Hall–Kier alpha value is -2.57. The van der Waals surface area contributed by atoms with E-state index in [9.17, 15) is 13.6 Å². The molecule has 1 atom stereocenters. The van der Waals surface area contributed by atoms with Crippen molar-refractivity contribution in [1.29, 1.82) is 0 Å². The molecule has 0 radical (unpaired) electrons. The van der Waals surface area contributed by atoms with Crippen LogP contribution in [0, 0.1) is 5.41 Å². The molecular weight excluding hydrogens is 338 g/mol. The van der Waals surface area contributed by atoms with Crippen LogP contribution in [0.3, 0.4) is 0 Å². The molecule has 1 spiro atoms. The Bertz CT molecular complexity index is 787. The monoisotopic (exact) mass is 358 g/mol. The zero-order valence-corrected chi connectivity index (χ0v) is 14.3. The summed E-state index contributed by atoms with van der Waals surface area (Å²) in [7, 11) is 0. The van der Waals surface area contributed by atoms with Crippen LogP contribution in [0.5, 0.6) is 0 Å². The fourth-order valence-corrected chi connectivity index (χ4v) is 4.01. The van der Waals surface area contributed by atoms with Gasteiger partial charge in [0.15, 0.2) is 0 Å². The number of halogens is 2. The summed E-state index contributed by atoms with van der Waals surface area (Å²) in [5.41, 5.74) is 0.0600. The second-order valence-electron chi connectivity index (χ2n) is 7.09. The molecule has 5 nitrogen and oxygen atoms in total. The molecule has 2 aromatic heterocycles. The van der Waals surface area contributed by atoms with E-state index in [1.54, 1.807) is 41.7 Å². The molecule has 0 aromatic carbocycles. The van der Waals surface area contributed by atoms with E-state index < -0.39 is 11.3 Å². The van der Waals surface area contributed by atoms with Gasteiger partial charge in [-0.2, -0.15) is 0 Å². The van der Waals surface area contributed by atoms with E-state index in [4.69, 9.17) is 0 Å². The van der Waals surface area contributed by atoms with Crippen LogP contribution in [0.4, 0.5) is 14.5 Å². The highest BCUT2D eigenvalue weighted by molar-refractivity contribution is 5.94. The molecular formula is C19H20F2N4O. The van der Waals surface area contributed by atoms with Crippen molar-refractivity contribution < 1.29 is 13.6 Å². The van der Waals surface area contributed by atoms with Gasteiger partial charge in [-0.1, -0.05) is 0 Å². The second-order valence-corrected chi connectivity index (χ2v) is 7.09. The number of piperidine rings is 1. The third-order valence-corrected chi connectivity index (χ3v) is 5.53. The fraction of sp³-hybridized carbons (Fsp3) is 0.421. The number of rotatable bonds is 2. The Morgan fingerprint density at radius 2 is 1.77 bits per heavy atom. The zero-order chi connectivity index (χ0) is 18.2. The minimum Gasteiger partial charge on any atom is -0.369 e. The number of hydrogen-bond acceptors (Lipinski definition) is 4. The number of alkyl halides is 2. The van der Waals surface area contributed by atoms with Crippen molar-refractivity contribution in [2.24, 2.45) is 5.41 Å². The molecule has 2 fully saturated rings. The van der Waals surface area contributed by atoms with Crippen LogP contribution >= 0.6 is 0 Å². The number of aromatic nitrogens is 2. The van der Waals surface area contributed by atoms with E-state index in [0.717, 1.165) is 5.69 Å². The van der Waals surface area contributed by atoms with Gasteiger partial charge in [-0.15, -0.1) is 0 Å². The molecule has 2 aromatic rings. The summed E-state index contributed by atoms with van der Waals surface area (Å²) in [6.07, 6.45) is 6.48. The number of amides is 1. The third kappa shape index (κ3) is 2.81. The van der Waals surface area contributed by atoms with Crippen LogP contribution in [0.1, 0.15) is 23.2 Å². The number of likely N-dealkylation sites (tertiary alicyclic amines) is 1. The molecule has 0 saturated carbocycles. The predicted molar refractivity (Wildman–Crippen MR) is 93.2 cm³/mol. The van der Waals surface area contributed by atoms with E-state index in [1.165, 1.54) is 6.20 Å². The van der Waals surface area contributed by atoms with Crippen molar-refractivity contribution >= 4 is 11.6 Å². The average Bonchev–Trinajstić information content (AvgIpc) is 3.11. The van der Waals surface area contributed by atoms with Gasteiger partial charge in [0.2, 0.25) is 0 Å². The minimum absolute atomic E-state index is 0.0600. The zero-order valence-electron chi connectivity index (χ0n) is 14.3. The van der Waals surface area contributed by atoms with Gasteiger partial charge in [0.1, 0.15) is 0 Å². The van der Waals surface area contributed by atoms with Crippen molar-refractivity contribution in [2.75, 3.05) is 31.1 Å². The molecule has 1 unspecified atom stereocenters. The summed E-state index contributed by atoms with van der Waals surface area (Å²) in [4.78, 5) is 24.3. The minimum atomic E-state index is -2.80. The van der Waals surface area contributed by atoms with Gasteiger partial charge in [0.25, 0.3) is 11.8 Å². The van der Waals surface area contributed by atoms with Crippen molar-refractivity contribution in [2.45, 2.75) is 18.8 Å². The van der Waals surface area contributed by atoms with Crippen molar-refractivity contribution in [3.05, 3.63) is 54.6 Å². The maximum atomic E-state index is 14.9. The summed E-state index contributed by atoms with van der Waals surface area (Å²) in [5.74, 6) is -3.02. The second kappa shape index (κ2) is 6.30. The smallest absolute Gasteiger partial charge is 0.258 e. The maximum Gasteiger partial charge on any atom is 0.258 e. The first-order valence-corrected chi connectivity index (χ1v) is 8.73. The van der Waals surface area contributed by atoms with E-state index in [2.05, 4.69) is 9.97 Å². The van der Waals surface area contributed by atoms with E-state index in [1.807, 2.05) is 11.0 Å². The van der Waals surface area contributed by atoms with Crippen LogP contribution in [-0.4, -0.2) is 52.9 Å². The maximum absolute atomic E-state index is 14.9. The highest BCUT2D eigenvalue weighted by atomic mass is 19.3. The van der Waals surface area contributed by atoms with Crippen LogP contribution in [-0.2, 0) is 0 Å². The molecule has 0 N–H and O–H groups in total. The summed E-state index contributed by atoms with van der Waals surface area (Å²) in [5, 5.41) is 0. The van der Waals surface area contributed by atoms with Gasteiger partial charge in [0, 0.05) is 51.2 Å². The van der Waals surface area contributed by atoms with Crippen molar-refractivity contribution in [3.63, 3.8) is 0 Å². The quantitative estimate of drug-likeness (QED) is 0.828. The Morgan fingerprint density at radius 3 is 2.46 bits per heavy atom. The van der Waals surface area contributed by atoms with Crippen LogP contribution < -0.4 is 4.90 Å². The number of pyridine rings is 2. The molecule has 4 heterocycles. The Labute approximate surface area is 150 Å². The van der Waals surface area contributed by atoms with Gasteiger partial charge in [-0.3, -0.25) is 14.8 Å². The molecule has 1 amide bonds. The Morgan fingerprint density at radius 1 is 1.00 bits per heavy atom. The van der Waals surface area contributed by atoms with Crippen LogP contribution in [0.2, 0.25) is 0 Å². The Balaban J connectivity index is 1.57. The lowest BCUT2D eigenvalue weighted by Gasteiger charge is -2.46. The third-order valence-electron chi connectivity index (χ3n) is 5.53. The van der Waals surface area contributed by atoms with Gasteiger partial charge in [0.05, 0.1) is 22.9 Å². The normalized spacial score (nSPS) is 24.8. The molecule has 7 heteroatoms. The molecule has 0 aliphatic carbocycles. The van der Waals surface area contributed by atoms with Crippen molar-refractivity contribution in [3.8, 4) is 0 Å². The average molecular weight is 358 g/mol. The summed E-state index contributed by atoms with van der Waals surface area (Å²) in [6, 6.07) is 7.04. The molecule has 0 bridgehead atoms.